The highest BCUT2D eigenvalue weighted by Crippen LogP contribution is 2.48. The Kier molecular flexibility index (Phi) is 1.79. The second-order valence-corrected chi connectivity index (χ2v) is 4.55. The number of carboxylic acid groups (broad SMARTS) is 1. The smallest absolute Gasteiger partial charge is 0.317 e. The molecule has 0 unspecified atom stereocenters. The van der Waals surface area contributed by atoms with Crippen molar-refractivity contribution in [3.63, 3.8) is 0 Å². The molecule has 5 heteroatoms. The van der Waals surface area contributed by atoms with Gasteiger partial charge in [0.2, 0.25) is 0 Å². The van der Waals surface area contributed by atoms with Crippen LogP contribution in [0.2, 0.25) is 0 Å². The van der Waals surface area contributed by atoms with Crippen molar-refractivity contribution in [3.05, 3.63) is 24.0 Å². The quantitative estimate of drug-likeness (QED) is 0.820. The molecule has 1 fully saturated rings. The maximum atomic E-state index is 11.3. The molecule has 1 aromatic heterocycles. The van der Waals surface area contributed by atoms with E-state index in [9.17, 15) is 15.0 Å². The highest BCUT2D eigenvalue weighted by Gasteiger charge is 2.55. The van der Waals surface area contributed by atoms with E-state index in [-0.39, 0.29) is 5.75 Å². The van der Waals surface area contributed by atoms with Gasteiger partial charge in [-0.3, -0.25) is 4.79 Å². The second kappa shape index (κ2) is 3.00. The van der Waals surface area contributed by atoms with Crippen molar-refractivity contribution < 1.29 is 15.0 Å². The van der Waals surface area contributed by atoms with E-state index in [1.165, 1.54) is 0 Å². The molecule has 0 bridgehead atoms. The molecule has 0 atom stereocenters. The Morgan fingerprint density at radius 3 is 2.76 bits per heavy atom. The van der Waals surface area contributed by atoms with Crippen LogP contribution in [0.1, 0.15) is 18.7 Å². The zero-order valence-corrected chi connectivity index (χ0v) is 9.34. The third kappa shape index (κ3) is 1.25. The van der Waals surface area contributed by atoms with E-state index in [1.54, 1.807) is 29.8 Å². The average molecular weight is 232 g/mol. The predicted octanol–water partition coefficient (Wildman–Crippen LogP) is 1.40. The SMILES string of the molecule is Cn1c(C2(C(=O)O)CC2)nc2ccc(O)cc21. The maximum Gasteiger partial charge on any atom is 0.317 e. The number of carbonyl (C=O) groups is 1. The molecule has 0 radical (unpaired) electrons. The van der Waals surface area contributed by atoms with Crippen molar-refractivity contribution in [2.24, 2.45) is 7.05 Å². The number of imidazole rings is 1. The third-order valence-electron chi connectivity index (χ3n) is 3.45. The fourth-order valence-corrected chi connectivity index (χ4v) is 2.26. The number of aryl methyl sites for hydroxylation is 1. The van der Waals surface area contributed by atoms with Gasteiger partial charge in [0.05, 0.1) is 11.0 Å². The van der Waals surface area contributed by atoms with Gasteiger partial charge in [0.25, 0.3) is 0 Å². The van der Waals surface area contributed by atoms with Gasteiger partial charge >= 0.3 is 5.97 Å². The summed E-state index contributed by atoms with van der Waals surface area (Å²) >= 11 is 0. The first-order valence-corrected chi connectivity index (χ1v) is 5.44. The summed E-state index contributed by atoms with van der Waals surface area (Å²) in [5.74, 6) is -0.0852. The molecule has 2 N–H and O–H groups in total. The van der Waals surface area contributed by atoms with Gasteiger partial charge in [0.15, 0.2) is 0 Å². The summed E-state index contributed by atoms with van der Waals surface area (Å²) in [4.78, 5) is 15.7. The summed E-state index contributed by atoms with van der Waals surface area (Å²) in [6, 6.07) is 4.86. The summed E-state index contributed by atoms with van der Waals surface area (Å²) < 4.78 is 1.76. The van der Waals surface area contributed by atoms with Gasteiger partial charge < -0.3 is 14.8 Å². The van der Waals surface area contributed by atoms with E-state index in [4.69, 9.17) is 0 Å². The lowest BCUT2D eigenvalue weighted by atomic mass is 10.1. The van der Waals surface area contributed by atoms with Crippen LogP contribution in [0, 0.1) is 0 Å². The number of fused-ring (bicyclic) bond motifs is 1. The van der Waals surface area contributed by atoms with Gasteiger partial charge in [0, 0.05) is 13.1 Å². The normalized spacial score (nSPS) is 17.2. The average Bonchev–Trinajstić information content (AvgIpc) is 3.02. The molecule has 17 heavy (non-hydrogen) atoms. The first kappa shape index (κ1) is 10.1. The number of phenolic OH excluding ortho intramolecular Hbond substituents is 1. The van der Waals surface area contributed by atoms with E-state index in [2.05, 4.69) is 4.98 Å². The van der Waals surface area contributed by atoms with E-state index in [1.807, 2.05) is 0 Å². The van der Waals surface area contributed by atoms with E-state index in [0.717, 1.165) is 5.52 Å². The largest absolute Gasteiger partial charge is 0.508 e. The van der Waals surface area contributed by atoms with Crippen molar-refractivity contribution in [1.82, 2.24) is 9.55 Å². The van der Waals surface area contributed by atoms with Crippen LogP contribution < -0.4 is 0 Å². The molecule has 1 heterocycles. The Morgan fingerprint density at radius 2 is 2.18 bits per heavy atom. The summed E-state index contributed by atoms with van der Waals surface area (Å²) in [6.07, 6.45) is 1.26. The number of nitrogens with zero attached hydrogens (tertiary/aromatic N) is 2. The monoisotopic (exact) mass is 232 g/mol. The van der Waals surface area contributed by atoms with Gasteiger partial charge in [-0.15, -0.1) is 0 Å². The first-order chi connectivity index (χ1) is 8.04. The molecule has 1 saturated carbocycles. The number of aromatic nitrogens is 2. The van der Waals surface area contributed by atoms with E-state index in [0.29, 0.717) is 24.2 Å². The molecule has 3 rings (SSSR count). The predicted molar refractivity (Wildman–Crippen MR) is 60.9 cm³/mol. The van der Waals surface area contributed by atoms with Gasteiger partial charge in [-0.2, -0.15) is 0 Å². The summed E-state index contributed by atoms with van der Waals surface area (Å²) in [7, 11) is 1.78. The fourth-order valence-electron chi connectivity index (χ4n) is 2.26. The molecule has 0 saturated heterocycles. The minimum Gasteiger partial charge on any atom is -0.508 e. The molecule has 0 aliphatic heterocycles. The third-order valence-corrected chi connectivity index (χ3v) is 3.45. The molecule has 1 aliphatic rings. The molecule has 88 valence electrons. The molecular formula is C12H12N2O3. The minimum atomic E-state index is -0.819. The highest BCUT2D eigenvalue weighted by atomic mass is 16.4. The Bertz CT molecular complexity index is 626. The Labute approximate surface area is 97.3 Å². The number of hydrogen-bond acceptors (Lipinski definition) is 3. The van der Waals surface area contributed by atoms with Crippen LogP contribution in [-0.2, 0) is 17.3 Å². The Balaban J connectivity index is 2.25. The highest BCUT2D eigenvalue weighted by molar-refractivity contribution is 5.86. The molecule has 1 aromatic carbocycles. The zero-order valence-electron chi connectivity index (χ0n) is 9.34. The van der Waals surface area contributed by atoms with Crippen molar-refractivity contribution in [2.45, 2.75) is 18.3 Å². The number of benzene rings is 1. The molecule has 0 spiro atoms. The lowest BCUT2D eigenvalue weighted by molar-refractivity contribution is -0.140. The minimum absolute atomic E-state index is 0.159. The molecule has 1 aliphatic carbocycles. The number of carboxylic acids is 1. The number of aromatic hydroxyl groups is 1. The van der Waals surface area contributed by atoms with Gasteiger partial charge in [0.1, 0.15) is 17.0 Å². The van der Waals surface area contributed by atoms with Crippen LogP contribution in [0.5, 0.6) is 5.75 Å². The van der Waals surface area contributed by atoms with Gasteiger partial charge in [-0.05, 0) is 25.0 Å². The van der Waals surface area contributed by atoms with E-state index < -0.39 is 11.4 Å². The molecule has 5 nitrogen and oxygen atoms in total. The molecular weight excluding hydrogens is 220 g/mol. The fraction of sp³-hybridized carbons (Fsp3) is 0.333. The van der Waals surface area contributed by atoms with Crippen LogP contribution in [0.25, 0.3) is 11.0 Å². The van der Waals surface area contributed by atoms with Gasteiger partial charge in [-0.1, -0.05) is 0 Å². The number of aliphatic carboxylic acids is 1. The summed E-state index contributed by atoms with van der Waals surface area (Å²) in [5.41, 5.74) is 0.656. The second-order valence-electron chi connectivity index (χ2n) is 4.55. The van der Waals surface area contributed by atoms with Crippen molar-refractivity contribution in [3.8, 4) is 5.75 Å². The number of rotatable bonds is 2. The van der Waals surface area contributed by atoms with Crippen molar-refractivity contribution >= 4 is 17.0 Å². The van der Waals surface area contributed by atoms with Crippen molar-refractivity contribution in [1.29, 1.82) is 0 Å². The molecule has 2 aromatic rings. The van der Waals surface area contributed by atoms with E-state index >= 15 is 0 Å². The van der Waals surface area contributed by atoms with Crippen LogP contribution in [-0.4, -0.2) is 25.7 Å². The Morgan fingerprint density at radius 1 is 1.47 bits per heavy atom. The maximum absolute atomic E-state index is 11.3. The summed E-state index contributed by atoms with van der Waals surface area (Å²) in [5, 5.41) is 18.7. The lowest BCUT2D eigenvalue weighted by Crippen LogP contribution is -2.23. The standard InChI is InChI=1S/C12H12N2O3/c1-14-9-6-7(15)2-3-8(9)13-10(14)12(4-5-12)11(16)17/h2-3,6,15H,4-5H2,1H3,(H,16,17). The topological polar surface area (TPSA) is 75.4 Å². The first-order valence-electron chi connectivity index (χ1n) is 5.44. The lowest BCUT2D eigenvalue weighted by Gasteiger charge is -2.09. The number of hydrogen-bond donors (Lipinski definition) is 2. The van der Waals surface area contributed by atoms with Crippen LogP contribution >= 0.6 is 0 Å². The molecule has 0 amide bonds. The van der Waals surface area contributed by atoms with Gasteiger partial charge in [-0.25, -0.2) is 4.98 Å². The Hall–Kier alpha value is -2.04. The van der Waals surface area contributed by atoms with Crippen LogP contribution in [0.3, 0.4) is 0 Å². The summed E-state index contributed by atoms with van der Waals surface area (Å²) in [6.45, 7) is 0. The number of phenols is 1. The van der Waals surface area contributed by atoms with Crippen LogP contribution in [0.4, 0.5) is 0 Å². The zero-order chi connectivity index (χ0) is 12.2. The van der Waals surface area contributed by atoms with Crippen molar-refractivity contribution in [2.75, 3.05) is 0 Å². The van der Waals surface area contributed by atoms with Crippen LogP contribution in [0.15, 0.2) is 18.2 Å².